The first kappa shape index (κ1) is 20.3. The fraction of sp³-hybridized carbons (Fsp3) is 0.100. The van der Waals surface area contributed by atoms with Crippen molar-refractivity contribution in [2.24, 2.45) is 14.1 Å². The normalized spacial score (nSPS) is 9.42. The maximum atomic E-state index is 2.12. The molecular formula is C20H20Br2N2. The van der Waals surface area contributed by atoms with Crippen molar-refractivity contribution in [2.75, 3.05) is 0 Å². The van der Waals surface area contributed by atoms with E-state index in [-0.39, 0.29) is 34.0 Å². The Morgan fingerprint density at radius 1 is 0.500 bits per heavy atom. The van der Waals surface area contributed by atoms with Gasteiger partial charge in [-0.15, -0.1) is 0 Å². The van der Waals surface area contributed by atoms with Gasteiger partial charge in [-0.1, -0.05) is 24.3 Å². The molecule has 0 aliphatic carbocycles. The van der Waals surface area contributed by atoms with Crippen LogP contribution in [0, 0.1) is 0 Å². The van der Waals surface area contributed by atoms with Gasteiger partial charge in [0.25, 0.3) is 0 Å². The third-order valence-corrected chi connectivity index (χ3v) is 3.80. The van der Waals surface area contributed by atoms with Crippen molar-refractivity contribution >= 4 is 21.8 Å². The third kappa shape index (κ3) is 4.62. The van der Waals surface area contributed by atoms with E-state index in [1.165, 1.54) is 21.8 Å². The number of pyridine rings is 2. The van der Waals surface area contributed by atoms with Gasteiger partial charge in [-0.3, -0.25) is 0 Å². The Kier molecular flexibility index (Phi) is 8.02. The minimum Gasteiger partial charge on any atom is -1.00 e. The molecule has 4 rings (SSSR count). The number of para-hydroxylation sites is 2. The standard InChI is InChI=1S/2C10H10N.2BrH/c2*1-11-8-4-6-9-5-2-3-7-10(9)11;;/h2*2-8H,1H3;2*1H/q2*+1;;/p-2. The van der Waals surface area contributed by atoms with E-state index in [4.69, 9.17) is 0 Å². The first-order chi connectivity index (χ1) is 10.8. The zero-order chi connectivity index (χ0) is 15.4. The maximum Gasteiger partial charge on any atom is 0.212 e. The van der Waals surface area contributed by atoms with E-state index >= 15 is 0 Å². The molecule has 0 saturated heterocycles. The molecule has 4 heteroatoms. The highest BCUT2D eigenvalue weighted by atomic mass is 79.9. The summed E-state index contributed by atoms with van der Waals surface area (Å²) < 4.78 is 4.24. The van der Waals surface area contributed by atoms with Crippen LogP contribution in [0.2, 0.25) is 0 Å². The van der Waals surface area contributed by atoms with Crippen molar-refractivity contribution in [3.05, 3.63) is 85.2 Å². The highest BCUT2D eigenvalue weighted by Crippen LogP contribution is 2.07. The van der Waals surface area contributed by atoms with E-state index in [0.717, 1.165) is 0 Å². The molecule has 24 heavy (non-hydrogen) atoms. The molecule has 2 aromatic heterocycles. The number of aryl methyl sites for hydroxylation is 2. The second kappa shape index (κ2) is 9.50. The van der Waals surface area contributed by atoms with Gasteiger partial charge < -0.3 is 34.0 Å². The van der Waals surface area contributed by atoms with Crippen LogP contribution >= 0.6 is 0 Å². The van der Waals surface area contributed by atoms with Crippen molar-refractivity contribution in [1.82, 2.24) is 0 Å². The molecular weight excluding hydrogens is 428 g/mol. The summed E-state index contributed by atoms with van der Waals surface area (Å²) >= 11 is 0. The van der Waals surface area contributed by atoms with E-state index in [2.05, 4.69) is 108 Å². The van der Waals surface area contributed by atoms with Crippen molar-refractivity contribution < 1.29 is 43.1 Å². The Labute approximate surface area is 163 Å². The van der Waals surface area contributed by atoms with Gasteiger partial charge >= 0.3 is 0 Å². The summed E-state index contributed by atoms with van der Waals surface area (Å²) in [4.78, 5) is 0. The van der Waals surface area contributed by atoms with Gasteiger partial charge in [0.15, 0.2) is 12.4 Å². The second-order valence-electron chi connectivity index (χ2n) is 5.36. The van der Waals surface area contributed by atoms with E-state index in [9.17, 15) is 0 Å². The molecule has 0 aliphatic rings. The number of halogens is 2. The van der Waals surface area contributed by atoms with Crippen LogP contribution < -0.4 is 43.1 Å². The largest absolute Gasteiger partial charge is 1.00 e. The van der Waals surface area contributed by atoms with E-state index in [0.29, 0.717) is 0 Å². The predicted octanol–water partition coefficient (Wildman–Crippen LogP) is -2.66. The van der Waals surface area contributed by atoms with Gasteiger partial charge in [-0.25, -0.2) is 9.13 Å². The van der Waals surface area contributed by atoms with Crippen LogP contribution in [0.3, 0.4) is 0 Å². The van der Waals surface area contributed by atoms with Gasteiger partial charge in [0.05, 0.1) is 0 Å². The summed E-state index contributed by atoms with van der Waals surface area (Å²) in [6.07, 6.45) is 4.12. The minimum atomic E-state index is 0. The van der Waals surface area contributed by atoms with Crippen LogP contribution in [0.5, 0.6) is 0 Å². The molecule has 124 valence electrons. The third-order valence-electron chi connectivity index (χ3n) is 3.80. The topological polar surface area (TPSA) is 7.76 Å². The van der Waals surface area contributed by atoms with E-state index < -0.39 is 0 Å². The number of hydrogen-bond donors (Lipinski definition) is 0. The molecule has 2 aromatic carbocycles. The molecule has 0 aliphatic heterocycles. The lowest BCUT2D eigenvalue weighted by Gasteiger charge is -1.93. The second-order valence-corrected chi connectivity index (χ2v) is 5.36. The molecule has 0 radical (unpaired) electrons. The quantitative estimate of drug-likeness (QED) is 0.260. The summed E-state index contributed by atoms with van der Waals surface area (Å²) in [6.45, 7) is 0. The summed E-state index contributed by atoms with van der Waals surface area (Å²) in [7, 11) is 4.12. The number of fused-ring (bicyclic) bond motifs is 2. The fourth-order valence-corrected chi connectivity index (χ4v) is 2.61. The lowest BCUT2D eigenvalue weighted by Crippen LogP contribution is -3.00. The summed E-state index contributed by atoms with van der Waals surface area (Å²) in [5.41, 5.74) is 2.55. The molecule has 0 amide bonds. The molecule has 0 spiro atoms. The fourth-order valence-electron chi connectivity index (χ4n) is 2.61. The van der Waals surface area contributed by atoms with Gasteiger partial charge in [-0.2, -0.15) is 0 Å². The predicted molar refractivity (Wildman–Crippen MR) is 90.2 cm³/mol. The molecule has 0 saturated carbocycles. The van der Waals surface area contributed by atoms with Gasteiger partial charge in [-0.05, 0) is 24.3 Å². The van der Waals surface area contributed by atoms with Crippen LogP contribution in [0.15, 0.2) is 85.2 Å². The Morgan fingerprint density at radius 3 is 1.21 bits per heavy atom. The molecule has 0 N–H and O–H groups in total. The lowest BCUT2D eigenvalue weighted by molar-refractivity contribution is -0.645. The number of hydrogen-bond acceptors (Lipinski definition) is 0. The van der Waals surface area contributed by atoms with Crippen molar-refractivity contribution in [3.63, 3.8) is 0 Å². The molecule has 2 heterocycles. The van der Waals surface area contributed by atoms with Crippen molar-refractivity contribution in [3.8, 4) is 0 Å². The molecule has 0 bridgehead atoms. The maximum absolute atomic E-state index is 2.12. The average molecular weight is 448 g/mol. The molecule has 2 nitrogen and oxygen atoms in total. The highest BCUT2D eigenvalue weighted by Gasteiger charge is 2.00. The highest BCUT2D eigenvalue weighted by molar-refractivity contribution is 5.75. The van der Waals surface area contributed by atoms with Crippen LogP contribution in [0.4, 0.5) is 0 Å². The summed E-state index contributed by atoms with van der Waals surface area (Å²) in [5.74, 6) is 0. The van der Waals surface area contributed by atoms with Crippen LogP contribution in [-0.4, -0.2) is 0 Å². The average Bonchev–Trinajstić information content (AvgIpc) is 2.57. The smallest absolute Gasteiger partial charge is 0.212 e. The van der Waals surface area contributed by atoms with E-state index in [1.807, 2.05) is 0 Å². The first-order valence-corrected chi connectivity index (χ1v) is 7.42. The number of rotatable bonds is 0. The van der Waals surface area contributed by atoms with E-state index in [1.54, 1.807) is 0 Å². The van der Waals surface area contributed by atoms with Crippen molar-refractivity contribution in [1.29, 1.82) is 0 Å². The molecule has 4 aromatic rings. The van der Waals surface area contributed by atoms with Crippen LogP contribution in [0.1, 0.15) is 0 Å². The molecule has 0 atom stereocenters. The first-order valence-electron chi connectivity index (χ1n) is 7.42. The summed E-state index contributed by atoms with van der Waals surface area (Å²) in [5, 5.41) is 2.58. The Balaban J connectivity index is 0.000000222. The van der Waals surface area contributed by atoms with Gasteiger partial charge in [0.1, 0.15) is 14.1 Å². The Bertz CT molecular complexity index is 835. The summed E-state index contributed by atoms with van der Waals surface area (Å²) in [6, 6.07) is 25.1. The molecule has 0 unspecified atom stereocenters. The minimum absolute atomic E-state index is 0. The number of aromatic nitrogens is 2. The SMILES string of the molecule is C[n+]1cccc2ccccc21.C[n+]1cccc2ccccc21.[Br-].[Br-]. The van der Waals surface area contributed by atoms with Gasteiger partial charge in [0.2, 0.25) is 11.0 Å². The number of benzene rings is 2. The molecule has 0 fully saturated rings. The Hall–Kier alpha value is -1.78. The number of nitrogens with zero attached hydrogens (tertiary/aromatic N) is 2. The van der Waals surface area contributed by atoms with Crippen molar-refractivity contribution in [2.45, 2.75) is 0 Å². The van der Waals surface area contributed by atoms with Crippen LogP contribution in [0.25, 0.3) is 21.8 Å². The zero-order valence-corrected chi connectivity index (χ0v) is 16.9. The monoisotopic (exact) mass is 446 g/mol. The van der Waals surface area contributed by atoms with Crippen LogP contribution in [-0.2, 0) is 14.1 Å². The van der Waals surface area contributed by atoms with Gasteiger partial charge in [0, 0.05) is 35.0 Å². The Morgan fingerprint density at radius 2 is 0.833 bits per heavy atom. The lowest BCUT2D eigenvalue weighted by atomic mass is 10.2. The zero-order valence-electron chi connectivity index (χ0n) is 13.7.